The van der Waals surface area contributed by atoms with Crippen molar-refractivity contribution >= 4 is 23.0 Å². The molecule has 1 aromatic heterocycles. The van der Waals surface area contributed by atoms with Gasteiger partial charge in [0.05, 0.1) is 17.8 Å². The SMILES string of the molecule is Cc1ccc(C(=O)c2ccccc2C(=O)NCc2sc(-c3ccccc3C)nc2C)cc1. The summed E-state index contributed by atoms with van der Waals surface area (Å²) < 4.78 is 0. The van der Waals surface area contributed by atoms with Crippen LogP contribution in [0, 0.1) is 20.8 Å². The Bertz CT molecular complexity index is 1290. The van der Waals surface area contributed by atoms with Crippen LogP contribution in [0.15, 0.2) is 72.8 Å². The molecule has 0 saturated heterocycles. The van der Waals surface area contributed by atoms with E-state index >= 15 is 0 Å². The van der Waals surface area contributed by atoms with Gasteiger partial charge in [-0.1, -0.05) is 72.3 Å². The maximum absolute atomic E-state index is 13.0. The number of thiazole rings is 1. The Morgan fingerprint density at radius 2 is 1.50 bits per heavy atom. The second-order valence-electron chi connectivity index (χ2n) is 7.77. The summed E-state index contributed by atoms with van der Waals surface area (Å²) in [7, 11) is 0. The second-order valence-corrected chi connectivity index (χ2v) is 8.85. The van der Waals surface area contributed by atoms with Crippen molar-refractivity contribution in [2.75, 3.05) is 0 Å². The third kappa shape index (κ3) is 4.53. The standard InChI is InChI=1S/C27H24N2O2S/c1-17-12-14-20(15-13-17)25(30)22-10-6-7-11-23(22)26(31)28-16-24-19(3)29-27(32-24)21-9-5-4-8-18(21)2/h4-15H,16H2,1-3H3,(H,28,31). The predicted octanol–water partition coefficient (Wildman–Crippen LogP) is 5.90. The molecule has 4 rings (SSSR count). The van der Waals surface area contributed by atoms with Crippen LogP contribution in [0.1, 0.15) is 48.0 Å². The first-order valence-corrected chi connectivity index (χ1v) is 11.3. The number of aromatic nitrogens is 1. The van der Waals surface area contributed by atoms with Crippen molar-refractivity contribution in [1.29, 1.82) is 0 Å². The minimum atomic E-state index is -0.272. The van der Waals surface area contributed by atoms with E-state index in [0.29, 0.717) is 23.2 Å². The van der Waals surface area contributed by atoms with E-state index in [9.17, 15) is 9.59 Å². The van der Waals surface area contributed by atoms with E-state index in [0.717, 1.165) is 26.7 Å². The first-order valence-electron chi connectivity index (χ1n) is 10.4. The number of hydrogen-bond donors (Lipinski definition) is 1. The van der Waals surface area contributed by atoms with E-state index in [-0.39, 0.29) is 11.7 Å². The molecule has 0 aliphatic rings. The number of ketones is 1. The third-order valence-corrected chi connectivity index (χ3v) is 6.60. The molecule has 0 saturated carbocycles. The second kappa shape index (κ2) is 9.28. The quantitative estimate of drug-likeness (QED) is 0.380. The average molecular weight is 441 g/mol. The summed E-state index contributed by atoms with van der Waals surface area (Å²) in [5, 5.41) is 3.91. The number of carbonyl (C=O) groups excluding carboxylic acids is 2. The van der Waals surface area contributed by atoms with Crippen molar-refractivity contribution in [3.05, 3.63) is 111 Å². The highest BCUT2D eigenvalue weighted by Crippen LogP contribution is 2.30. The zero-order chi connectivity index (χ0) is 22.7. The molecule has 3 aromatic carbocycles. The zero-order valence-corrected chi connectivity index (χ0v) is 19.1. The summed E-state index contributed by atoms with van der Waals surface area (Å²) in [6, 6.07) is 22.5. The van der Waals surface area contributed by atoms with Crippen LogP contribution in [0.4, 0.5) is 0 Å². The van der Waals surface area contributed by atoms with Gasteiger partial charge < -0.3 is 5.32 Å². The molecule has 1 amide bonds. The van der Waals surface area contributed by atoms with E-state index in [1.54, 1.807) is 47.7 Å². The monoisotopic (exact) mass is 440 g/mol. The van der Waals surface area contributed by atoms with Crippen molar-refractivity contribution in [2.45, 2.75) is 27.3 Å². The number of aryl methyl sites for hydroxylation is 3. The molecule has 0 radical (unpaired) electrons. The lowest BCUT2D eigenvalue weighted by atomic mass is 9.97. The lowest BCUT2D eigenvalue weighted by Gasteiger charge is -2.10. The number of carbonyl (C=O) groups is 2. The fraction of sp³-hybridized carbons (Fsp3) is 0.148. The summed E-state index contributed by atoms with van der Waals surface area (Å²) in [6.45, 7) is 6.35. The van der Waals surface area contributed by atoms with E-state index in [4.69, 9.17) is 4.98 Å². The topological polar surface area (TPSA) is 59.1 Å². The number of nitrogens with one attached hydrogen (secondary N) is 1. The number of nitrogens with zero attached hydrogens (tertiary/aromatic N) is 1. The first-order chi connectivity index (χ1) is 15.4. The molecule has 0 fully saturated rings. The summed E-state index contributed by atoms with van der Waals surface area (Å²) in [4.78, 5) is 31.7. The highest BCUT2D eigenvalue weighted by atomic mass is 32.1. The number of amides is 1. The van der Waals surface area contributed by atoms with Crippen molar-refractivity contribution in [3.63, 3.8) is 0 Å². The van der Waals surface area contributed by atoms with Crippen molar-refractivity contribution in [2.24, 2.45) is 0 Å². The Morgan fingerprint density at radius 3 is 2.22 bits per heavy atom. The van der Waals surface area contributed by atoms with Gasteiger partial charge in [0.25, 0.3) is 5.91 Å². The predicted molar refractivity (Wildman–Crippen MR) is 129 cm³/mol. The first kappa shape index (κ1) is 21.7. The van der Waals surface area contributed by atoms with Gasteiger partial charge in [0, 0.05) is 21.6 Å². The fourth-order valence-corrected chi connectivity index (χ4v) is 4.61. The highest BCUT2D eigenvalue weighted by Gasteiger charge is 2.19. The van der Waals surface area contributed by atoms with Gasteiger partial charge in [-0.15, -0.1) is 11.3 Å². The molecule has 1 heterocycles. The van der Waals surface area contributed by atoms with Crippen LogP contribution in [-0.2, 0) is 6.54 Å². The normalized spacial score (nSPS) is 10.7. The van der Waals surface area contributed by atoms with E-state index in [2.05, 4.69) is 24.4 Å². The Kier molecular flexibility index (Phi) is 6.28. The fourth-order valence-electron chi connectivity index (χ4n) is 3.52. The summed E-state index contributed by atoms with van der Waals surface area (Å²) >= 11 is 1.58. The molecule has 0 unspecified atom stereocenters. The molecule has 0 spiro atoms. The van der Waals surface area contributed by atoms with Gasteiger partial charge in [0.2, 0.25) is 0 Å². The Balaban J connectivity index is 1.53. The van der Waals surface area contributed by atoms with Gasteiger partial charge in [0.15, 0.2) is 5.78 Å². The molecule has 0 aliphatic heterocycles. The largest absolute Gasteiger partial charge is 0.347 e. The van der Waals surface area contributed by atoms with E-state index in [1.807, 2.05) is 38.1 Å². The molecule has 0 atom stereocenters. The van der Waals surface area contributed by atoms with Crippen LogP contribution in [0.2, 0.25) is 0 Å². The van der Waals surface area contributed by atoms with Crippen LogP contribution in [-0.4, -0.2) is 16.7 Å². The minimum absolute atomic E-state index is 0.161. The van der Waals surface area contributed by atoms with E-state index < -0.39 is 0 Å². The summed E-state index contributed by atoms with van der Waals surface area (Å²) in [5.41, 5.74) is 5.59. The summed E-state index contributed by atoms with van der Waals surface area (Å²) in [5.74, 6) is -0.433. The maximum atomic E-state index is 13.0. The third-order valence-electron chi connectivity index (χ3n) is 5.41. The molecule has 4 nitrogen and oxygen atoms in total. The number of benzene rings is 3. The molecule has 4 aromatic rings. The van der Waals surface area contributed by atoms with Crippen LogP contribution >= 0.6 is 11.3 Å². The van der Waals surface area contributed by atoms with Crippen LogP contribution in [0.25, 0.3) is 10.6 Å². The lowest BCUT2D eigenvalue weighted by Crippen LogP contribution is -2.25. The van der Waals surface area contributed by atoms with Gasteiger partial charge in [-0.05, 0) is 32.4 Å². The molecular formula is C27H24N2O2S. The molecule has 160 valence electrons. The maximum Gasteiger partial charge on any atom is 0.252 e. The summed E-state index contributed by atoms with van der Waals surface area (Å²) in [6.07, 6.45) is 0. The van der Waals surface area contributed by atoms with Crippen LogP contribution in [0.3, 0.4) is 0 Å². The zero-order valence-electron chi connectivity index (χ0n) is 18.3. The Hall–Kier alpha value is -3.57. The molecule has 0 bridgehead atoms. The van der Waals surface area contributed by atoms with Gasteiger partial charge in [0.1, 0.15) is 5.01 Å². The molecule has 1 N–H and O–H groups in total. The molecular weight excluding hydrogens is 416 g/mol. The average Bonchev–Trinajstić information content (AvgIpc) is 3.18. The van der Waals surface area contributed by atoms with Gasteiger partial charge in [-0.25, -0.2) is 4.98 Å². The van der Waals surface area contributed by atoms with Crippen molar-refractivity contribution in [1.82, 2.24) is 10.3 Å². The minimum Gasteiger partial charge on any atom is -0.347 e. The molecule has 0 aliphatic carbocycles. The number of hydrogen-bond acceptors (Lipinski definition) is 4. The highest BCUT2D eigenvalue weighted by molar-refractivity contribution is 7.15. The van der Waals surface area contributed by atoms with Gasteiger partial charge in [-0.2, -0.15) is 0 Å². The van der Waals surface area contributed by atoms with Gasteiger partial charge in [-0.3, -0.25) is 9.59 Å². The Labute approximate surface area is 192 Å². The van der Waals surface area contributed by atoms with Crippen molar-refractivity contribution in [3.8, 4) is 10.6 Å². The number of rotatable bonds is 6. The molecule has 32 heavy (non-hydrogen) atoms. The van der Waals surface area contributed by atoms with Crippen molar-refractivity contribution < 1.29 is 9.59 Å². The van der Waals surface area contributed by atoms with Crippen LogP contribution < -0.4 is 5.32 Å². The van der Waals surface area contributed by atoms with E-state index in [1.165, 1.54) is 5.56 Å². The Morgan fingerprint density at radius 1 is 0.844 bits per heavy atom. The van der Waals surface area contributed by atoms with Gasteiger partial charge >= 0.3 is 0 Å². The molecule has 5 heteroatoms. The smallest absolute Gasteiger partial charge is 0.252 e. The lowest BCUT2D eigenvalue weighted by molar-refractivity contribution is 0.0940. The van der Waals surface area contributed by atoms with Crippen LogP contribution in [0.5, 0.6) is 0 Å².